The summed E-state index contributed by atoms with van der Waals surface area (Å²) in [5.74, 6) is 0. The Bertz CT molecular complexity index is 99.5. The average Bonchev–Trinajstić information content (AvgIpc) is 2.05. The largest absolute Gasteiger partial charge is 0.392 e. The zero-order valence-corrected chi connectivity index (χ0v) is 7.84. The van der Waals surface area contributed by atoms with E-state index in [-0.39, 0.29) is 19.2 Å². The molecule has 0 heterocycles. The van der Waals surface area contributed by atoms with Crippen LogP contribution in [-0.4, -0.2) is 42.6 Å². The van der Waals surface area contributed by atoms with Crippen LogP contribution >= 0.6 is 12.4 Å². The predicted molar refractivity (Wildman–Crippen MR) is 45.9 cm³/mol. The molecule has 0 aliphatic heterocycles. The van der Waals surface area contributed by atoms with Gasteiger partial charge in [-0.2, -0.15) is 0 Å². The second-order valence-electron chi connectivity index (χ2n) is 2.14. The quantitative estimate of drug-likeness (QED) is 0.382. The van der Waals surface area contributed by atoms with Crippen molar-refractivity contribution in [1.29, 1.82) is 0 Å². The predicted octanol–water partition coefficient (Wildman–Crippen LogP) is -0.942. The third-order valence-electron chi connectivity index (χ3n) is 1.17. The number of hydrogen-bond donors (Lipinski definition) is 3. The topological polar surface area (TPSA) is 84.9 Å². The average molecular weight is 202 g/mol. The summed E-state index contributed by atoms with van der Waals surface area (Å²) in [6.45, 7) is 1.42. The van der Waals surface area contributed by atoms with E-state index in [1.807, 2.05) is 0 Å². The number of hydrogen-bond acceptors (Lipinski definition) is 5. The normalized spacial score (nSPS) is 11.0. The van der Waals surface area contributed by atoms with Crippen LogP contribution in [-0.2, 0) is 9.47 Å². The highest BCUT2D eigenvalue weighted by Crippen LogP contribution is 1.99. The van der Waals surface area contributed by atoms with Crippen molar-refractivity contribution >= 4 is 12.4 Å². The van der Waals surface area contributed by atoms with Gasteiger partial charge in [-0.25, -0.2) is 0 Å². The van der Waals surface area contributed by atoms with Crippen molar-refractivity contribution in [3.8, 4) is 0 Å². The summed E-state index contributed by atoms with van der Waals surface area (Å²) < 4.78 is 9.63. The highest BCUT2D eigenvalue weighted by molar-refractivity contribution is 5.85. The number of ether oxygens (including phenoxy) is 2. The Labute approximate surface area is 77.9 Å². The van der Waals surface area contributed by atoms with Crippen molar-refractivity contribution in [3.05, 3.63) is 0 Å². The Kier molecular flexibility index (Phi) is 9.40. The van der Waals surface area contributed by atoms with Gasteiger partial charge in [0.1, 0.15) is 6.79 Å². The van der Waals surface area contributed by atoms with Crippen molar-refractivity contribution in [1.82, 2.24) is 0 Å². The fraction of sp³-hybridized carbons (Fsp3) is 1.00. The zero-order valence-electron chi connectivity index (χ0n) is 7.02. The Hall–Kier alpha value is 0.0900. The van der Waals surface area contributed by atoms with Gasteiger partial charge < -0.3 is 19.7 Å². The van der Waals surface area contributed by atoms with Crippen molar-refractivity contribution in [2.24, 2.45) is 5.73 Å². The minimum Gasteiger partial charge on any atom is -0.392 e. The fourth-order valence-electron chi connectivity index (χ4n) is 0.384. The van der Waals surface area contributed by atoms with Crippen LogP contribution in [0.15, 0.2) is 0 Å². The van der Waals surface area contributed by atoms with Crippen LogP contribution in [0.3, 0.4) is 0 Å². The van der Waals surface area contributed by atoms with Crippen LogP contribution in [0.25, 0.3) is 0 Å². The molecule has 4 N–H and O–H groups in total. The van der Waals surface area contributed by atoms with Crippen molar-refractivity contribution in [3.63, 3.8) is 0 Å². The minimum absolute atomic E-state index is 0. The molecule has 0 aromatic heterocycles. The summed E-state index contributed by atoms with van der Waals surface area (Å²) in [6.07, 6.45) is 0. The number of nitrogens with two attached hydrogens (primary N) is 1. The number of aliphatic hydroxyl groups is 2. The molecule has 0 unspecified atom stereocenters. The highest BCUT2D eigenvalue weighted by atomic mass is 35.5. The summed E-state index contributed by atoms with van der Waals surface area (Å²) in [6, 6.07) is 0. The first-order valence-electron chi connectivity index (χ1n) is 3.41. The lowest BCUT2D eigenvalue weighted by Gasteiger charge is -2.24. The van der Waals surface area contributed by atoms with E-state index in [2.05, 4.69) is 0 Å². The van der Waals surface area contributed by atoms with Gasteiger partial charge in [0.25, 0.3) is 0 Å². The van der Waals surface area contributed by atoms with Gasteiger partial charge in [0.05, 0.1) is 13.2 Å². The minimum atomic E-state index is -1.38. The second kappa shape index (κ2) is 7.72. The Morgan fingerprint density at radius 3 is 2.17 bits per heavy atom. The van der Waals surface area contributed by atoms with Gasteiger partial charge in [-0.3, -0.25) is 5.73 Å². The maximum absolute atomic E-state index is 8.62. The van der Waals surface area contributed by atoms with Gasteiger partial charge in [0, 0.05) is 6.61 Å². The van der Waals surface area contributed by atoms with Crippen molar-refractivity contribution in [2.45, 2.75) is 12.6 Å². The highest BCUT2D eigenvalue weighted by Gasteiger charge is 2.23. The van der Waals surface area contributed by atoms with Gasteiger partial charge in [0.2, 0.25) is 0 Å². The molecule has 0 atom stereocenters. The first-order valence-corrected chi connectivity index (χ1v) is 3.41. The fourth-order valence-corrected chi connectivity index (χ4v) is 0.384. The molecule has 0 aliphatic carbocycles. The summed E-state index contributed by atoms with van der Waals surface area (Å²) in [5.41, 5.74) is 3.96. The van der Waals surface area contributed by atoms with Gasteiger partial charge in [0.15, 0.2) is 5.72 Å². The lowest BCUT2D eigenvalue weighted by atomic mass is 10.3. The standard InChI is InChI=1S/C6H15NO4.ClH/c1-2-10-5-11-6(7,3-8)4-9;/h8-9H,2-5,7H2,1H3;1H. The lowest BCUT2D eigenvalue weighted by Crippen LogP contribution is -2.50. The van der Waals surface area contributed by atoms with Crippen LogP contribution in [0.2, 0.25) is 0 Å². The lowest BCUT2D eigenvalue weighted by molar-refractivity contribution is -0.170. The molecule has 0 aliphatic rings. The van der Waals surface area contributed by atoms with Crippen LogP contribution in [0, 0.1) is 0 Å². The summed E-state index contributed by atoms with van der Waals surface area (Å²) in [4.78, 5) is 0. The third kappa shape index (κ3) is 5.70. The summed E-state index contributed by atoms with van der Waals surface area (Å²) >= 11 is 0. The van der Waals surface area contributed by atoms with Crippen molar-refractivity contribution < 1.29 is 19.7 Å². The molecule has 5 nitrogen and oxygen atoms in total. The molecule has 0 radical (unpaired) electrons. The Morgan fingerprint density at radius 2 is 1.83 bits per heavy atom. The molecular weight excluding hydrogens is 186 g/mol. The molecule has 0 rings (SSSR count). The van der Waals surface area contributed by atoms with Crippen LogP contribution < -0.4 is 5.73 Å². The van der Waals surface area contributed by atoms with E-state index in [0.29, 0.717) is 6.61 Å². The molecule has 0 amide bonds. The first kappa shape index (κ1) is 14.6. The maximum Gasteiger partial charge on any atom is 0.166 e. The second-order valence-corrected chi connectivity index (χ2v) is 2.14. The zero-order chi connectivity index (χ0) is 8.74. The van der Waals surface area contributed by atoms with E-state index in [9.17, 15) is 0 Å². The van der Waals surface area contributed by atoms with E-state index in [1.165, 1.54) is 0 Å². The maximum atomic E-state index is 8.62. The van der Waals surface area contributed by atoms with Gasteiger partial charge in [-0.1, -0.05) is 0 Å². The van der Waals surface area contributed by atoms with E-state index in [4.69, 9.17) is 25.4 Å². The molecule has 0 saturated carbocycles. The number of aliphatic hydroxyl groups excluding tert-OH is 2. The smallest absolute Gasteiger partial charge is 0.166 e. The summed E-state index contributed by atoms with van der Waals surface area (Å²) in [5, 5.41) is 17.2. The van der Waals surface area contributed by atoms with Gasteiger partial charge in [-0.15, -0.1) is 12.4 Å². The Morgan fingerprint density at radius 1 is 1.33 bits per heavy atom. The van der Waals surface area contributed by atoms with E-state index in [1.54, 1.807) is 6.92 Å². The molecule has 0 aromatic carbocycles. The molecule has 76 valence electrons. The van der Waals surface area contributed by atoms with Gasteiger partial charge >= 0.3 is 0 Å². The van der Waals surface area contributed by atoms with Crippen LogP contribution in [0.5, 0.6) is 0 Å². The summed E-state index contributed by atoms with van der Waals surface area (Å²) in [7, 11) is 0. The molecule has 6 heteroatoms. The monoisotopic (exact) mass is 201 g/mol. The molecule has 0 saturated heterocycles. The first-order chi connectivity index (χ1) is 5.18. The molecule has 12 heavy (non-hydrogen) atoms. The molecule has 0 spiro atoms. The van der Waals surface area contributed by atoms with E-state index in [0.717, 1.165) is 0 Å². The van der Waals surface area contributed by atoms with E-state index < -0.39 is 18.9 Å². The van der Waals surface area contributed by atoms with Gasteiger partial charge in [-0.05, 0) is 6.92 Å². The third-order valence-corrected chi connectivity index (χ3v) is 1.17. The van der Waals surface area contributed by atoms with E-state index >= 15 is 0 Å². The van der Waals surface area contributed by atoms with Crippen LogP contribution in [0.1, 0.15) is 6.92 Å². The molecule has 0 bridgehead atoms. The molecule has 0 aromatic rings. The number of halogens is 1. The Balaban J connectivity index is 0. The van der Waals surface area contributed by atoms with Crippen molar-refractivity contribution in [2.75, 3.05) is 26.6 Å². The SMILES string of the molecule is CCOCOC(N)(CO)CO.Cl. The number of rotatable bonds is 6. The van der Waals surface area contributed by atoms with Crippen LogP contribution in [0.4, 0.5) is 0 Å². The molecule has 0 fully saturated rings. The molecular formula is C6H16ClNO4.